The topological polar surface area (TPSA) is 85.2 Å². The van der Waals surface area contributed by atoms with Crippen LogP contribution in [0.4, 0.5) is 0 Å². The third kappa shape index (κ3) is 2.81. The van der Waals surface area contributed by atoms with E-state index in [0.29, 0.717) is 16.8 Å². The molecule has 0 saturated carbocycles. The van der Waals surface area contributed by atoms with Crippen LogP contribution in [0.3, 0.4) is 0 Å². The minimum absolute atomic E-state index is 0.209. The zero-order chi connectivity index (χ0) is 16.4. The molecule has 5 heteroatoms. The number of para-hydroxylation sites is 1. The number of hydrogen-bond donors (Lipinski definition) is 2. The van der Waals surface area contributed by atoms with Crippen LogP contribution in [0.5, 0.6) is 5.75 Å². The second-order valence-corrected chi connectivity index (χ2v) is 5.44. The number of pyridine rings is 1. The van der Waals surface area contributed by atoms with Gasteiger partial charge in [-0.1, -0.05) is 30.3 Å². The minimum atomic E-state index is -1.34. The number of primary amides is 1. The molecule has 0 aliphatic heterocycles. The molecule has 1 atom stereocenters. The van der Waals surface area contributed by atoms with Crippen molar-refractivity contribution in [3.8, 4) is 5.75 Å². The number of H-pyrrole nitrogens is 1. The molecule has 1 aromatic heterocycles. The van der Waals surface area contributed by atoms with Crippen LogP contribution in [0, 0.1) is 0 Å². The Balaban J connectivity index is 2.10. The maximum absolute atomic E-state index is 12.1. The lowest BCUT2D eigenvalue weighted by molar-refractivity contribution is -0.132. The quantitative estimate of drug-likeness (QED) is 0.775. The average molecular weight is 308 g/mol. The van der Waals surface area contributed by atoms with Gasteiger partial charge in [0.25, 0.3) is 5.91 Å². The fraction of sp³-hybridized carbons (Fsp3) is 0.111. The predicted molar refractivity (Wildman–Crippen MR) is 88.2 cm³/mol. The fourth-order valence-corrected chi connectivity index (χ4v) is 2.42. The summed E-state index contributed by atoms with van der Waals surface area (Å²) >= 11 is 0. The molecule has 23 heavy (non-hydrogen) atoms. The number of nitrogens with two attached hydrogens (primary N) is 1. The van der Waals surface area contributed by atoms with Crippen molar-refractivity contribution in [1.29, 1.82) is 0 Å². The Morgan fingerprint density at radius 2 is 1.78 bits per heavy atom. The number of aromatic amines is 1. The maximum atomic E-state index is 12.1. The molecule has 0 fully saturated rings. The number of ether oxygens (including phenoxy) is 1. The summed E-state index contributed by atoms with van der Waals surface area (Å²) in [5, 5.41) is 0.861. The summed E-state index contributed by atoms with van der Waals surface area (Å²) in [6.45, 7) is 1.62. The van der Waals surface area contributed by atoms with Crippen molar-refractivity contribution < 1.29 is 9.53 Å². The van der Waals surface area contributed by atoms with Gasteiger partial charge in [-0.15, -0.1) is 0 Å². The van der Waals surface area contributed by atoms with Crippen LogP contribution in [-0.2, 0) is 10.4 Å². The summed E-state index contributed by atoms with van der Waals surface area (Å²) < 4.78 is 5.86. The van der Waals surface area contributed by atoms with Crippen LogP contribution in [0.1, 0.15) is 12.5 Å². The minimum Gasteiger partial charge on any atom is -0.473 e. The van der Waals surface area contributed by atoms with E-state index in [1.54, 1.807) is 37.3 Å². The maximum Gasteiger partial charge on any atom is 0.266 e. The monoisotopic (exact) mass is 308 g/mol. The van der Waals surface area contributed by atoms with Crippen LogP contribution in [-0.4, -0.2) is 10.9 Å². The van der Waals surface area contributed by atoms with E-state index in [1.807, 2.05) is 24.3 Å². The largest absolute Gasteiger partial charge is 0.473 e. The Hall–Kier alpha value is -3.08. The molecule has 2 aromatic carbocycles. The lowest BCUT2D eigenvalue weighted by Gasteiger charge is -2.28. The highest BCUT2D eigenvalue weighted by molar-refractivity contribution is 5.87. The summed E-state index contributed by atoms with van der Waals surface area (Å²) in [7, 11) is 0. The molecule has 3 N–H and O–H groups in total. The number of carbonyl (C=O) groups excluding carboxylic acids is 1. The smallest absolute Gasteiger partial charge is 0.266 e. The van der Waals surface area contributed by atoms with Crippen LogP contribution in [0.2, 0.25) is 0 Å². The molecule has 1 unspecified atom stereocenters. The van der Waals surface area contributed by atoms with E-state index in [9.17, 15) is 9.59 Å². The van der Waals surface area contributed by atoms with Crippen molar-refractivity contribution in [2.75, 3.05) is 0 Å². The van der Waals surface area contributed by atoms with Gasteiger partial charge in [0.05, 0.1) is 0 Å². The first-order valence-electron chi connectivity index (χ1n) is 7.16. The molecule has 3 aromatic rings. The van der Waals surface area contributed by atoms with Crippen molar-refractivity contribution in [2.24, 2.45) is 5.73 Å². The van der Waals surface area contributed by atoms with Crippen LogP contribution in [0.15, 0.2) is 65.5 Å². The molecule has 0 radical (unpaired) electrons. The summed E-state index contributed by atoms with van der Waals surface area (Å²) in [6.07, 6.45) is 0. The van der Waals surface area contributed by atoms with Crippen LogP contribution in [0.25, 0.3) is 10.9 Å². The molecule has 1 heterocycles. The highest BCUT2D eigenvalue weighted by Crippen LogP contribution is 2.29. The van der Waals surface area contributed by atoms with Crippen molar-refractivity contribution in [3.63, 3.8) is 0 Å². The van der Waals surface area contributed by atoms with Gasteiger partial charge in [0, 0.05) is 17.1 Å². The molecule has 0 saturated heterocycles. The highest BCUT2D eigenvalue weighted by atomic mass is 16.5. The third-order valence-electron chi connectivity index (χ3n) is 3.81. The highest BCUT2D eigenvalue weighted by Gasteiger charge is 2.36. The van der Waals surface area contributed by atoms with Crippen LogP contribution >= 0.6 is 0 Å². The summed E-state index contributed by atoms with van der Waals surface area (Å²) in [5.74, 6) is -0.0746. The molecule has 116 valence electrons. The molecule has 0 bridgehead atoms. The number of aromatic nitrogens is 1. The van der Waals surface area contributed by atoms with Gasteiger partial charge in [0.1, 0.15) is 5.75 Å². The molecule has 0 aliphatic carbocycles. The Labute approximate surface area is 132 Å². The molecule has 0 spiro atoms. The number of rotatable bonds is 4. The van der Waals surface area contributed by atoms with Gasteiger partial charge < -0.3 is 15.5 Å². The Kier molecular flexibility index (Phi) is 3.62. The third-order valence-corrected chi connectivity index (χ3v) is 3.81. The Morgan fingerprint density at radius 3 is 2.48 bits per heavy atom. The van der Waals surface area contributed by atoms with Crippen molar-refractivity contribution in [2.45, 2.75) is 12.5 Å². The second kappa shape index (κ2) is 5.61. The van der Waals surface area contributed by atoms with E-state index in [0.717, 1.165) is 5.39 Å². The predicted octanol–water partition coefficient (Wildman–Crippen LogP) is 2.31. The molecular weight excluding hydrogens is 292 g/mol. The van der Waals surface area contributed by atoms with E-state index in [2.05, 4.69) is 4.98 Å². The first-order chi connectivity index (χ1) is 11.0. The Bertz CT molecular complexity index is 918. The summed E-state index contributed by atoms with van der Waals surface area (Å²) in [5.41, 5.74) is 5.23. The average Bonchev–Trinajstić information content (AvgIpc) is 2.54. The molecule has 3 rings (SSSR count). The van der Waals surface area contributed by atoms with Crippen LogP contribution < -0.4 is 16.0 Å². The van der Waals surface area contributed by atoms with E-state index >= 15 is 0 Å². The van der Waals surface area contributed by atoms with E-state index in [4.69, 9.17) is 10.5 Å². The summed E-state index contributed by atoms with van der Waals surface area (Å²) in [4.78, 5) is 26.3. The van der Waals surface area contributed by atoms with E-state index in [1.165, 1.54) is 6.07 Å². The standard InChI is InChI=1S/C18H16N2O3/c1-18(17(19)22,23-14-5-3-2-4-6-14)13-9-7-12-8-10-16(21)20-15(12)11-13/h2-11H,1H3,(H2,19,22)(H,20,21). The van der Waals surface area contributed by atoms with Gasteiger partial charge in [-0.25, -0.2) is 0 Å². The molecule has 1 amide bonds. The number of benzene rings is 2. The van der Waals surface area contributed by atoms with Gasteiger partial charge in [-0.3, -0.25) is 9.59 Å². The lowest BCUT2D eigenvalue weighted by Crippen LogP contribution is -2.43. The van der Waals surface area contributed by atoms with E-state index < -0.39 is 11.5 Å². The zero-order valence-corrected chi connectivity index (χ0v) is 12.6. The molecule has 0 aliphatic rings. The van der Waals surface area contributed by atoms with Gasteiger partial charge in [0.2, 0.25) is 11.2 Å². The first-order valence-corrected chi connectivity index (χ1v) is 7.16. The fourth-order valence-electron chi connectivity index (χ4n) is 2.42. The van der Waals surface area contributed by atoms with Gasteiger partial charge in [-0.2, -0.15) is 0 Å². The SMILES string of the molecule is CC(Oc1ccccc1)(C(N)=O)c1ccc2ccc(=O)[nH]c2c1. The number of amides is 1. The Morgan fingerprint density at radius 1 is 1.09 bits per heavy atom. The van der Waals surface area contributed by atoms with Gasteiger partial charge in [-0.05, 0) is 36.6 Å². The zero-order valence-electron chi connectivity index (χ0n) is 12.6. The number of hydrogen-bond acceptors (Lipinski definition) is 3. The number of carbonyl (C=O) groups is 1. The van der Waals surface area contributed by atoms with Gasteiger partial charge in [0.15, 0.2) is 0 Å². The van der Waals surface area contributed by atoms with Crippen molar-refractivity contribution >= 4 is 16.8 Å². The number of fused-ring (bicyclic) bond motifs is 1. The second-order valence-electron chi connectivity index (χ2n) is 5.44. The van der Waals surface area contributed by atoms with Crippen molar-refractivity contribution in [3.05, 3.63) is 76.6 Å². The number of nitrogens with one attached hydrogen (secondary N) is 1. The normalized spacial score (nSPS) is 13.4. The first kappa shape index (κ1) is 14.8. The lowest BCUT2D eigenvalue weighted by atomic mass is 9.93. The molecular formula is C18H16N2O3. The van der Waals surface area contributed by atoms with Gasteiger partial charge >= 0.3 is 0 Å². The van der Waals surface area contributed by atoms with E-state index in [-0.39, 0.29) is 5.56 Å². The summed E-state index contributed by atoms with van der Waals surface area (Å²) in [6, 6.07) is 17.5. The van der Waals surface area contributed by atoms with Crippen molar-refractivity contribution in [1.82, 2.24) is 4.98 Å². The molecule has 5 nitrogen and oxygen atoms in total.